The number of nitrogens with zero attached hydrogens (tertiary/aromatic N) is 4. The summed E-state index contributed by atoms with van der Waals surface area (Å²) in [6, 6.07) is -2.05. The molecule has 1 unspecified atom stereocenters. The fourth-order valence-electron chi connectivity index (χ4n) is 1.17. The first-order valence-electron chi connectivity index (χ1n) is 5.21. The first kappa shape index (κ1) is 14.3. The highest BCUT2D eigenvalue weighted by Gasteiger charge is 2.21. The van der Waals surface area contributed by atoms with E-state index in [1.807, 2.05) is 0 Å². The Labute approximate surface area is 107 Å². The van der Waals surface area contributed by atoms with Crippen molar-refractivity contribution in [1.29, 1.82) is 0 Å². The molecule has 1 aromatic rings. The van der Waals surface area contributed by atoms with Gasteiger partial charge >= 0.3 is 12.0 Å². The van der Waals surface area contributed by atoms with Crippen molar-refractivity contribution >= 4 is 23.9 Å². The van der Waals surface area contributed by atoms with Gasteiger partial charge in [-0.3, -0.25) is 10.1 Å². The van der Waals surface area contributed by atoms with Crippen LogP contribution in [0.25, 0.3) is 0 Å². The molecule has 104 valence electrons. The summed E-state index contributed by atoms with van der Waals surface area (Å²) in [6.07, 6.45) is -0.257. The van der Waals surface area contributed by atoms with Crippen molar-refractivity contribution in [2.24, 2.45) is 12.8 Å². The largest absolute Gasteiger partial charge is 0.480 e. The van der Waals surface area contributed by atoms with Gasteiger partial charge in [0, 0.05) is 6.42 Å². The molecule has 0 aromatic carbocycles. The molecular weight excluding hydrogens is 258 g/mol. The zero-order valence-electron chi connectivity index (χ0n) is 10.0. The minimum Gasteiger partial charge on any atom is -0.480 e. The van der Waals surface area contributed by atoms with Gasteiger partial charge in [0.2, 0.25) is 5.91 Å². The average Bonchev–Trinajstić information content (AvgIpc) is 2.69. The molecule has 0 saturated heterocycles. The van der Waals surface area contributed by atoms with Gasteiger partial charge in [0.15, 0.2) is 0 Å². The number of urea groups is 1. The Morgan fingerprint density at radius 3 is 2.63 bits per heavy atom. The summed E-state index contributed by atoms with van der Waals surface area (Å²) in [5.74, 6) is -1.99. The number of amides is 3. The van der Waals surface area contributed by atoms with Crippen molar-refractivity contribution in [3.05, 3.63) is 0 Å². The van der Waals surface area contributed by atoms with Crippen LogP contribution >= 0.6 is 0 Å². The molecular formula is C8H13N7O4. The number of hydrogen-bond acceptors (Lipinski definition) is 6. The third-order valence-electron chi connectivity index (χ3n) is 2.02. The Hall–Kier alpha value is -2.72. The van der Waals surface area contributed by atoms with E-state index < -0.39 is 23.9 Å². The molecule has 11 nitrogen and oxygen atoms in total. The summed E-state index contributed by atoms with van der Waals surface area (Å²) in [5.41, 5.74) is 4.91. The topological polar surface area (TPSA) is 165 Å². The van der Waals surface area contributed by atoms with E-state index in [2.05, 4.69) is 26.0 Å². The molecule has 0 fully saturated rings. The first-order chi connectivity index (χ1) is 8.88. The molecule has 3 amide bonds. The minimum absolute atomic E-state index is 0.0703. The zero-order chi connectivity index (χ0) is 14.4. The monoisotopic (exact) mass is 271 g/mol. The molecule has 1 aromatic heterocycles. The van der Waals surface area contributed by atoms with Crippen molar-refractivity contribution in [2.75, 3.05) is 5.32 Å². The maximum atomic E-state index is 11.5. The summed E-state index contributed by atoms with van der Waals surface area (Å²) < 4.78 is 0. The molecule has 0 aliphatic heterocycles. The second kappa shape index (κ2) is 6.28. The maximum absolute atomic E-state index is 11.5. The van der Waals surface area contributed by atoms with Crippen LogP contribution in [0.5, 0.6) is 0 Å². The number of primary amides is 1. The first-order valence-corrected chi connectivity index (χ1v) is 5.21. The van der Waals surface area contributed by atoms with Gasteiger partial charge in [-0.2, -0.15) is 4.80 Å². The lowest BCUT2D eigenvalue weighted by Gasteiger charge is -2.13. The van der Waals surface area contributed by atoms with Crippen LogP contribution in [0.15, 0.2) is 0 Å². The van der Waals surface area contributed by atoms with Gasteiger partial charge in [0.05, 0.1) is 7.05 Å². The van der Waals surface area contributed by atoms with Crippen LogP contribution in [0.3, 0.4) is 0 Å². The van der Waals surface area contributed by atoms with E-state index in [9.17, 15) is 14.4 Å². The van der Waals surface area contributed by atoms with Gasteiger partial charge in [-0.1, -0.05) is 5.10 Å². The number of carboxylic acid groups (broad SMARTS) is 1. The van der Waals surface area contributed by atoms with E-state index in [1.54, 1.807) is 0 Å². The third kappa shape index (κ3) is 4.97. The summed E-state index contributed by atoms with van der Waals surface area (Å²) in [6.45, 7) is 0. The molecule has 0 bridgehead atoms. The molecule has 1 heterocycles. The van der Waals surface area contributed by atoms with Crippen LogP contribution in [0, 0.1) is 0 Å². The number of carbonyl (C=O) groups is 3. The van der Waals surface area contributed by atoms with Gasteiger partial charge in [0.1, 0.15) is 6.04 Å². The number of nitrogens with two attached hydrogens (primary N) is 1. The number of anilines is 1. The van der Waals surface area contributed by atoms with Gasteiger partial charge in [-0.15, -0.1) is 5.10 Å². The van der Waals surface area contributed by atoms with Crippen LogP contribution in [0.2, 0.25) is 0 Å². The third-order valence-corrected chi connectivity index (χ3v) is 2.02. The van der Waals surface area contributed by atoms with Crippen LogP contribution in [0.1, 0.15) is 12.8 Å². The van der Waals surface area contributed by atoms with Gasteiger partial charge in [-0.25, -0.2) is 9.59 Å². The van der Waals surface area contributed by atoms with Crippen LogP contribution < -0.4 is 16.4 Å². The van der Waals surface area contributed by atoms with Crippen LogP contribution in [0.4, 0.5) is 10.7 Å². The molecule has 0 saturated carbocycles. The van der Waals surface area contributed by atoms with E-state index in [0.29, 0.717) is 0 Å². The molecule has 0 spiro atoms. The van der Waals surface area contributed by atoms with Gasteiger partial charge in [0.25, 0.3) is 5.95 Å². The Morgan fingerprint density at radius 1 is 1.47 bits per heavy atom. The Bertz CT molecular complexity index is 485. The highest BCUT2D eigenvalue weighted by molar-refractivity contribution is 5.90. The number of hydrogen-bond donors (Lipinski definition) is 4. The smallest absolute Gasteiger partial charge is 0.326 e. The minimum atomic E-state index is -1.27. The molecule has 1 atom stereocenters. The average molecular weight is 271 g/mol. The Morgan fingerprint density at radius 2 is 2.16 bits per heavy atom. The predicted octanol–water partition coefficient (Wildman–Crippen LogP) is -1.95. The zero-order valence-corrected chi connectivity index (χ0v) is 10.0. The fourth-order valence-corrected chi connectivity index (χ4v) is 1.17. The van der Waals surface area contributed by atoms with Crippen molar-refractivity contribution in [3.8, 4) is 0 Å². The predicted molar refractivity (Wildman–Crippen MR) is 60.8 cm³/mol. The lowest BCUT2D eigenvalue weighted by atomic mass is 10.1. The quantitative estimate of drug-likeness (QED) is 0.466. The van der Waals surface area contributed by atoms with E-state index in [4.69, 9.17) is 10.8 Å². The maximum Gasteiger partial charge on any atom is 0.326 e. The van der Waals surface area contributed by atoms with Crippen LogP contribution in [-0.4, -0.2) is 49.3 Å². The second-order valence-corrected chi connectivity index (χ2v) is 3.60. The van der Waals surface area contributed by atoms with Crippen molar-refractivity contribution in [1.82, 2.24) is 25.5 Å². The number of aromatic nitrogens is 4. The lowest BCUT2D eigenvalue weighted by molar-refractivity contribution is -0.139. The number of aliphatic carboxylic acids is 1. The number of rotatable bonds is 6. The SMILES string of the molecule is Cn1nnc(NC(=O)NC(CCC(N)=O)C(=O)O)n1. The second-order valence-electron chi connectivity index (χ2n) is 3.60. The molecule has 0 aliphatic rings. The Kier molecular flexibility index (Phi) is 4.74. The van der Waals surface area contributed by atoms with Gasteiger partial charge in [-0.05, 0) is 11.6 Å². The number of nitrogens with one attached hydrogen (secondary N) is 2. The summed E-state index contributed by atoms with van der Waals surface area (Å²) >= 11 is 0. The molecule has 11 heteroatoms. The van der Waals surface area contributed by atoms with E-state index in [0.717, 1.165) is 4.80 Å². The Balaban J connectivity index is 2.51. The fraction of sp³-hybridized carbons (Fsp3) is 0.500. The van der Waals surface area contributed by atoms with Gasteiger partial charge < -0.3 is 16.2 Å². The highest BCUT2D eigenvalue weighted by atomic mass is 16.4. The number of aryl methyl sites for hydroxylation is 1. The van der Waals surface area contributed by atoms with E-state index in [-0.39, 0.29) is 18.8 Å². The number of carbonyl (C=O) groups excluding carboxylic acids is 2. The molecule has 1 rings (SSSR count). The highest BCUT2D eigenvalue weighted by Crippen LogP contribution is 1.99. The standard InChI is InChI=1S/C8H13N7O4/c1-15-13-7(12-14-15)11-8(19)10-4(6(17)18)2-3-5(9)16/h4H,2-3H2,1H3,(H2,9,16)(H,17,18)(H2,10,11,13,19). The summed E-state index contributed by atoms with van der Waals surface area (Å²) in [4.78, 5) is 34.0. The molecule has 0 radical (unpaired) electrons. The molecule has 19 heavy (non-hydrogen) atoms. The molecule has 5 N–H and O–H groups in total. The number of carboxylic acids is 1. The van der Waals surface area contributed by atoms with E-state index in [1.165, 1.54) is 7.05 Å². The van der Waals surface area contributed by atoms with Crippen LogP contribution in [-0.2, 0) is 16.6 Å². The lowest BCUT2D eigenvalue weighted by Crippen LogP contribution is -2.43. The van der Waals surface area contributed by atoms with Crippen molar-refractivity contribution in [3.63, 3.8) is 0 Å². The number of tetrazole rings is 1. The summed E-state index contributed by atoms with van der Waals surface area (Å²) in [7, 11) is 1.50. The van der Waals surface area contributed by atoms with Crippen molar-refractivity contribution < 1.29 is 19.5 Å². The normalized spacial score (nSPS) is 11.6. The van der Waals surface area contributed by atoms with Crippen molar-refractivity contribution in [2.45, 2.75) is 18.9 Å². The summed E-state index contributed by atoms with van der Waals surface area (Å²) in [5, 5.41) is 23.9. The molecule has 0 aliphatic carbocycles. The van der Waals surface area contributed by atoms with E-state index >= 15 is 0 Å².